The van der Waals surface area contributed by atoms with E-state index in [0.29, 0.717) is 22.8 Å². The molecule has 0 saturated heterocycles. The number of nitrogens with one attached hydrogen (secondary N) is 1. The number of benzene rings is 2. The summed E-state index contributed by atoms with van der Waals surface area (Å²) in [4.78, 5) is 24.5. The van der Waals surface area contributed by atoms with Gasteiger partial charge in [0.2, 0.25) is 6.10 Å². The molecular formula is C23H17BrN2O6. The number of para-hydroxylation sites is 2. The fraction of sp³-hybridized carbons (Fsp3) is 0.0870. The molecule has 1 aromatic heterocycles. The van der Waals surface area contributed by atoms with E-state index in [4.69, 9.17) is 18.6 Å². The third-order valence-corrected chi connectivity index (χ3v) is 4.78. The summed E-state index contributed by atoms with van der Waals surface area (Å²) in [6.45, 7) is 0.0696. The first-order chi connectivity index (χ1) is 15.6. The molecule has 1 atom stereocenters. The Labute approximate surface area is 191 Å². The molecular weight excluding hydrogens is 480 g/mol. The predicted molar refractivity (Wildman–Crippen MR) is 120 cm³/mol. The number of esters is 1. The topological polar surface area (TPSA) is 99.4 Å². The summed E-state index contributed by atoms with van der Waals surface area (Å²) >= 11 is 3.37. The molecule has 9 heteroatoms. The minimum atomic E-state index is -0.839. The van der Waals surface area contributed by atoms with Crippen molar-refractivity contribution in [2.45, 2.75) is 6.10 Å². The van der Waals surface area contributed by atoms with Crippen LogP contribution in [0.15, 0.2) is 80.9 Å². The van der Waals surface area contributed by atoms with Crippen molar-refractivity contribution in [3.63, 3.8) is 0 Å². The fourth-order valence-electron chi connectivity index (χ4n) is 2.78. The summed E-state index contributed by atoms with van der Waals surface area (Å²) in [7, 11) is 0. The Morgan fingerprint density at radius 1 is 1.12 bits per heavy atom. The van der Waals surface area contributed by atoms with Crippen LogP contribution in [0.25, 0.3) is 6.08 Å². The largest absolute Gasteiger partial charge is 0.485 e. The van der Waals surface area contributed by atoms with Crippen LogP contribution < -0.4 is 19.6 Å². The van der Waals surface area contributed by atoms with E-state index in [2.05, 4.69) is 26.5 Å². The van der Waals surface area contributed by atoms with Crippen LogP contribution in [0.2, 0.25) is 0 Å². The molecule has 1 N–H and O–H groups in total. The van der Waals surface area contributed by atoms with Gasteiger partial charge < -0.3 is 18.6 Å². The van der Waals surface area contributed by atoms with Crippen LogP contribution in [0.5, 0.6) is 17.2 Å². The van der Waals surface area contributed by atoms with Crippen LogP contribution in [0.1, 0.15) is 11.3 Å². The van der Waals surface area contributed by atoms with Gasteiger partial charge in [-0.3, -0.25) is 4.79 Å². The Morgan fingerprint density at radius 2 is 1.97 bits per heavy atom. The third-order valence-electron chi connectivity index (χ3n) is 4.29. The van der Waals surface area contributed by atoms with Gasteiger partial charge in [0.1, 0.15) is 18.1 Å². The summed E-state index contributed by atoms with van der Waals surface area (Å²) in [5, 5.41) is 3.96. The van der Waals surface area contributed by atoms with Gasteiger partial charge in [0, 0.05) is 16.1 Å². The molecule has 2 aromatic carbocycles. The normalized spacial score (nSPS) is 15.1. The van der Waals surface area contributed by atoms with E-state index in [-0.39, 0.29) is 12.4 Å². The SMILES string of the molecule is O=C(C=Cc1ccco1)Oc1ccc(Br)cc1C=NNC(=O)C1COc2ccccc2O1. The highest BCUT2D eigenvalue weighted by Crippen LogP contribution is 2.30. The molecule has 0 fully saturated rings. The van der Waals surface area contributed by atoms with E-state index < -0.39 is 18.0 Å². The second-order valence-electron chi connectivity index (χ2n) is 6.55. The first kappa shape index (κ1) is 21.4. The highest BCUT2D eigenvalue weighted by Gasteiger charge is 2.27. The number of ether oxygens (including phenoxy) is 3. The second kappa shape index (κ2) is 9.97. The molecule has 1 amide bonds. The molecule has 4 rings (SSSR count). The number of fused-ring (bicyclic) bond motifs is 1. The van der Waals surface area contributed by atoms with Crippen LogP contribution in [0.3, 0.4) is 0 Å². The molecule has 1 unspecified atom stereocenters. The van der Waals surface area contributed by atoms with Crippen molar-refractivity contribution < 1.29 is 28.2 Å². The standard InChI is InChI=1S/C23H17BrN2O6/c24-16-7-9-18(32-22(27)10-8-17-4-3-11-29-17)15(12-16)13-25-26-23(28)21-14-30-19-5-1-2-6-20(19)31-21/h1-13,21H,14H2,(H,26,28). The van der Waals surface area contributed by atoms with Gasteiger partial charge >= 0.3 is 5.97 Å². The fourth-order valence-corrected chi connectivity index (χ4v) is 3.16. The highest BCUT2D eigenvalue weighted by atomic mass is 79.9. The monoisotopic (exact) mass is 496 g/mol. The Kier molecular flexibility index (Phi) is 6.66. The summed E-state index contributed by atoms with van der Waals surface area (Å²) in [6.07, 6.45) is 4.79. The molecule has 32 heavy (non-hydrogen) atoms. The van der Waals surface area contributed by atoms with E-state index in [9.17, 15) is 9.59 Å². The zero-order valence-corrected chi connectivity index (χ0v) is 18.2. The van der Waals surface area contributed by atoms with Gasteiger partial charge in [0.05, 0.1) is 12.5 Å². The summed E-state index contributed by atoms with van der Waals surface area (Å²) in [5.41, 5.74) is 2.90. The van der Waals surface area contributed by atoms with Gasteiger partial charge in [0.25, 0.3) is 5.91 Å². The Balaban J connectivity index is 1.38. The van der Waals surface area contributed by atoms with Crippen molar-refractivity contribution in [3.05, 3.63) is 82.7 Å². The first-order valence-electron chi connectivity index (χ1n) is 9.53. The zero-order chi connectivity index (χ0) is 22.3. The molecule has 1 aliphatic heterocycles. The van der Waals surface area contributed by atoms with E-state index in [0.717, 1.165) is 4.47 Å². The Morgan fingerprint density at radius 3 is 2.78 bits per heavy atom. The molecule has 0 aliphatic carbocycles. The average molecular weight is 497 g/mol. The van der Waals surface area contributed by atoms with Gasteiger partial charge in [0.15, 0.2) is 11.5 Å². The summed E-state index contributed by atoms with van der Waals surface area (Å²) in [5.74, 6) is 0.818. The lowest BCUT2D eigenvalue weighted by Gasteiger charge is -2.24. The number of nitrogens with zero attached hydrogens (tertiary/aromatic N) is 1. The Hall–Kier alpha value is -3.85. The molecule has 1 aliphatic rings. The van der Waals surface area contributed by atoms with Crippen LogP contribution in [-0.2, 0) is 9.59 Å². The van der Waals surface area contributed by atoms with E-state index in [1.807, 2.05) is 6.07 Å². The number of carbonyl (C=O) groups is 2. The van der Waals surface area contributed by atoms with E-state index in [1.54, 1.807) is 48.5 Å². The lowest BCUT2D eigenvalue weighted by molar-refractivity contribution is -0.130. The molecule has 0 spiro atoms. The molecule has 0 radical (unpaired) electrons. The number of rotatable bonds is 6. The van der Waals surface area contributed by atoms with Crippen LogP contribution in [-0.4, -0.2) is 30.8 Å². The Bertz CT molecular complexity index is 1170. The summed E-state index contributed by atoms with van der Waals surface area (Å²) in [6, 6.07) is 15.6. The van der Waals surface area contributed by atoms with Crippen LogP contribution in [0.4, 0.5) is 0 Å². The van der Waals surface area contributed by atoms with Gasteiger partial charge in [-0.1, -0.05) is 28.1 Å². The number of halogens is 1. The van der Waals surface area contributed by atoms with Gasteiger partial charge in [-0.25, -0.2) is 10.2 Å². The van der Waals surface area contributed by atoms with Crippen molar-refractivity contribution in [3.8, 4) is 17.2 Å². The maximum atomic E-state index is 12.4. The molecule has 0 saturated carbocycles. The van der Waals surface area contributed by atoms with Crippen molar-refractivity contribution in [2.24, 2.45) is 5.10 Å². The maximum absolute atomic E-state index is 12.4. The highest BCUT2D eigenvalue weighted by molar-refractivity contribution is 9.10. The number of hydrogen-bond acceptors (Lipinski definition) is 7. The van der Waals surface area contributed by atoms with Gasteiger partial charge in [-0.15, -0.1) is 0 Å². The molecule has 0 bridgehead atoms. The number of carbonyl (C=O) groups excluding carboxylic acids is 2. The molecule has 162 valence electrons. The summed E-state index contributed by atoms with van der Waals surface area (Å²) < 4.78 is 22.4. The number of hydrogen-bond donors (Lipinski definition) is 1. The van der Waals surface area contributed by atoms with E-state index >= 15 is 0 Å². The lowest BCUT2D eigenvalue weighted by atomic mass is 10.2. The van der Waals surface area contributed by atoms with Crippen molar-refractivity contribution in [1.29, 1.82) is 0 Å². The predicted octanol–water partition coefficient (Wildman–Crippen LogP) is 3.95. The van der Waals surface area contributed by atoms with E-state index in [1.165, 1.54) is 24.6 Å². The number of furan rings is 1. The smallest absolute Gasteiger partial charge is 0.336 e. The number of hydrazone groups is 1. The average Bonchev–Trinajstić information content (AvgIpc) is 3.33. The van der Waals surface area contributed by atoms with Crippen LogP contribution >= 0.6 is 15.9 Å². The van der Waals surface area contributed by atoms with Crippen LogP contribution in [0, 0.1) is 0 Å². The minimum Gasteiger partial charge on any atom is -0.485 e. The minimum absolute atomic E-state index is 0.0696. The zero-order valence-electron chi connectivity index (χ0n) is 16.6. The lowest BCUT2D eigenvalue weighted by Crippen LogP contribution is -2.42. The molecule has 3 aromatic rings. The third kappa shape index (κ3) is 5.44. The van der Waals surface area contributed by atoms with Crippen molar-refractivity contribution in [1.82, 2.24) is 5.43 Å². The van der Waals surface area contributed by atoms with Crippen molar-refractivity contribution in [2.75, 3.05) is 6.61 Å². The van der Waals surface area contributed by atoms with Gasteiger partial charge in [-0.2, -0.15) is 5.10 Å². The molecule has 8 nitrogen and oxygen atoms in total. The molecule has 2 heterocycles. The van der Waals surface area contributed by atoms with Gasteiger partial charge in [-0.05, 0) is 48.5 Å². The number of amides is 1. The maximum Gasteiger partial charge on any atom is 0.336 e. The first-order valence-corrected chi connectivity index (χ1v) is 10.3. The second-order valence-corrected chi connectivity index (χ2v) is 7.47. The van der Waals surface area contributed by atoms with Crippen molar-refractivity contribution >= 4 is 40.1 Å². The quantitative estimate of drug-likeness (QED) is 0.182.